The number of likely N-dealkylation sites (tertiary alicyclic amines) is 1. The zero-order chi connectivity index (χ0) is 13.9. The largest absolute Gasteiger partial charge is 0.396 e. The van der Waals surface area contributed by atoms with E-state index in [0.717, 1.165) is 43.6 Å². The molecule has 3 rings (SSSR count). The van der Waals surface area contributed by atoms with E-state index in [4.69, 9.17) is 0 Å². The number of anilines is 1. The SMILES string of the molecule is O=C(C1CCNc2ccccc21)N1CCCC(CO)C1. The number of hydrogen-bond acceptors (Lipinski definition) is 3. The minimum Gasteiger partial charge on any atom is -0.396 e. The Balaban J connectivity index is 1.78. The molecule has 2 N–H and O–H groups in total. The van der Waals surface area contributed by atoms with Gasteiger partial charge in [0.15, 0.2) is 0 Å². The summed E-state index contributed by atoms with van der Waals surface area (Å²) in [6.07, 6.45) is 2.89. The Morgan fingerprint density at radius 3 is 3.05 bits per heavy atom. The van der Waals surface area contributed by atoms with Crippen LogP contribution in [0.15, 0.2) is 24.3 Å². The molecule has 1 amide bonds. The number of hydrogen-bond donors (Lipinski definition) is 2. The minimum atomic E-state index is -0.0232. The van der Waals surface area contributed by atoms with Gasteiger partial charge in [0.2, 0.25) is 5.91 Å². The highest BCUT2D eigenvalue weighted by Crippen LogP contribution is 2.33. The number of aliphatic hydroxyl groups is 1. The number of fused-ring (bicyclic) bond motifs is 1. The molecule has 4 heteroatoms. The molecule has 0 saturated carbocycles. The van der Waals surface area contributed by atoms with Crippen molar-refractivity contribution < 1.29 is 9.90 Å². The van der Waals surface area contributed by atoms with Gasteiger partial charge >= 0.3 is 0 Å². The summed E-state index contributed by atoms with van der Waals surface area (Å²) in [5.74, 6) is 0.464. The Kier molecular flexibility index (Phi) is 3.92. The Labute approximate surface area is 119 Å². The minimum absolute atomic E-state index is 0.0232. The van der Waals surface area contributed by atoms with Crippen molar-refractivity contribution in [3.05, 3.63) is 29.8 Å². The van der Waals surface area contributed by atoms with Gasteiger partial charge in [-0.15, -0.1) is 0 Å². The number of piperidine rings is 1. The third kappa shape index (κ3) is 2.52. The highest BCUT2D eigenvalue weighted by atomic mass is 16.3. The van der Waals surface area contributed by atoms with E-state index in [2.05, 4.69) is 11.4 Å². The monoisotopic (exact) mass is 274 g/mol. The second-order valence-corrected chi connectivity index (χ2v) is 5.83. The lowest BCUT2D eigenvalue weighted by molar-refractivity contribution is -0.135. The quantitative estimate of drug-likeness (QED) is 0.865. The maximum atomic E-state index is 12.8. The summed E-state index contributed by atoms with van der Waals surface area (Å²) in [6, 6.07) is 8.10. The van der Waals surface area contributed by atoms with Crippen molar-refractivity contribution in [3.63, 3.8) is 0 Å². The average Bonchev–Trinajstić information content (AvgIpc) is 2.53. The van der Waals surface area contributed by atoms with Gasteiger partial charge < -0.3 is 15.3 Å². The van der Waals surface area contributed by atoms with Crippen molar-refractivity contribution in [1.82, 2.24) is 4.90 Å². The Hall–Kier alpha value is -1.55. The highest BCUT2D eigenvalue weighted by Gasteiger charge is 2.32. The first-order valence-electron chi connectivity index (χ1n) is 7.52. The summed E-state index contributed by atoms with van der Waals surface area (Å²) in [5, 5.41) is 12.7. The molecule has 1 aromatic rings. The molecule has 2 aliphatic rings. The first-order chi connectivity index (χ1) is 9.79. The second-order valence-electron chi connectivity index (χ2n) is 5.83. The number of aliphatic hydroxyl groups excluding tert-OH is 1. The number of nitrogens with one attached hydrogen (secondary N) is 1. The van der Waals surface area contributed by atoms with Gasteiger partial charge in [-0.2, -0.15) is 0 Å². The van der Waals surface area contributed by atoms with Gasteiger partial charge in [-0.3, -0.25) is 4.79 Å². The Bertz CT molecular complexity index is 489. The molecule has 0 spiro atoms. The van der Waals surface area contributed by atoms with E-state index in [-0.39, 0.29) is 24.3 Å². The normalized spacial score (nSPS) is 25.8. The lowest BCUT2D eigenvalue weighted by atomic mass is 9.88. The van der Waals surface area contributed by atoms with E-state index in [1.807, 2.05) is 23.1 Å². The number of rotatable bonds is 2. The van der Waals surface area contributed by atoms with Crippen molar-refractivity contribution in [2.45, 2.75) is 25.2 Å². The molecule has 1 saturated heterocycles. The molecular weight excluding hydrogens is 252 g/mol. The van der Waals surface area contributed by atoms with Crippen molar-refractivity contribution in [2.75, 3.05) is 31.6 Å². The van der Waals surface area contributed by atoms with Crippen LogP contribution < -0.4 is 5.32 Å². The molecule has 2 atom stereocenters. The number of para-hydroxylation sites is 1. The van der Waals surface area contributed by atoms with E-state index in [1.54, 1.807) is 0 Å². The third-order valence-electron chi connectivity index (χ3n) is 4.47. The van der Waals surface area contributed by atoms with E-state index < -0.39 is 0 Å². The van der Waals surface area contributed by atoms with Crippen LogP contribution in [0.1, 0.15) is 30.7 Å². The number of carbonyl (C=O) groups excluding carboxylic acids is 1. The average molecular weight is 274 g/mol. The molecular formula is C16H22N2O2. The van der Waals surface area contributed by atoms with Crippen molar-refractivity contribution in [2.24, 2.45) is 5.92 Å². The van der Waals surface area contributed by atoms with Gasteiger partial charge in [-0.1, -0.05) is 18.2 Å². The number of benzene rings is 1. The van der Waals surface area contributed by atoms with Crippen LogP contribution in [0.3, 0.4) is 0 Å². The van der Waals surface area contributed by atoms with Crippen LogP contribution in [0.2, 0.25) is 0 Å². The summed E-state index contributed by atoms with van der Waals surface area (Å²) < 4.78 is 0. The van der Waals surface area contributed by atoms with Gasteiger partial charge in [-0.05, 0) is 36.8 Å². The molecule has 0 radical (unpaired) electrons. The Morgan fingerprint density at radius 1 is 1.35 bits per heavy atom. The second kappa shape index (κ2) is 5.83. The van der Waals surface area contributed by atoms with Crippen LogP contribution in [-0.2, 0) is 4.79 Å². The van der Waals surface area contributed by atoms with Gasteiger partial charge in [0.1, 0.15) is 0 Å². The molecule has 4 nitrogen and oxygen atoms in total. The molecule has 2 heterocycles. The summed E-state index contributed by atoms with van der Waals surface area (Å²) in [6.45, 7) is 2.58. The molecule has 2 unspecified atom stereocenters. The predicted molar refractivity (Wildman–Crippen MR) is 78.7 cm³/mol. The van der Waals surface area contributed by atoms with Crippen molar-refractivity contribution in [3.8, 4) is 0 Å². The third-order valence-corrected chi connectivity index (χ3v) is 4.47. The fourth-order valence-electron chi connectivity index (χ4n) is 3.36. The summed E-state index contributed by atoms with van der Waals surface area (Å²) >= 11 is 0. The molecule has 1 fully saturated rings. The topological polar surface area (TPSA) is 52.6 Å². The van der Waals surface area contributed by atoms with E-state index >= 15 is 0 Å². The van der Waals surface area contributed by atoms with Crippen molar-refractivity contribution >= 4 is 11.6 Å². The fraction of sp³-hybridized carbons (Fsp3) is 0.562. The molecule has 108 valence electrons. The van der Waals surface area contributed by atoms with Crippen LogP contribution in [0.25, 0.3) is 0 Å². The fourth-order valence-corrected chi connectivity index (χ4v) is 3.36. The molecule has 1 aromatic carbocycles. The first-order valence-corrected chi connectivity index (χ1v) is 7.52. The van der Waals surface area contributed by atoms with E-state index in [9.17, 15) is 9.90 Å². The van der Waals surface area contributed by atoms with Gasteiger partial charge in [0.05, 0.1) is 5.92 Å². The molecule has 0 aromatic heterocycles. The first kappa shape index (κ1) is 13.4. The summed E-state index contributed by atoms with van der Waals surface area (Å²) in [5.41, 5.74) is 2.21. The lowest BCUT2D eigenvalue weighted by Gasteiger charge is -2.36. The van der Waals surface area contributed by atoms with Crippen LogP contribution in [0.5, 0.6) is 0 Å². The number of nitrogens with zero attached hydrogens (tertiary/aromatic N) is 1. The number of carbonyl (C=O) groups is 1. The van der Waals surface area contributed by atoms with Crippen LogP contribution in [-0.4, -0.2) is 42.2 Å². The zero-order valence-corrected chi connectivity index (χ0v) is 11.7. The summed E-state index contributed by atoms with van der Waals surface area (Å²) in [7, 11) is 0. The van der Waals surface area contributed by atoms with Gasteiger partial charge in [-0.25, -0.2) is 0 Å². The lowest BCUT2D eigenvalue weighted by Crippen LogP contribution is -2.44. The molecule has 2 aliphatic heterocycles. The molecule has 0 bridgehead atoms. The Morgan fingerprint density at radius 2 is 2.20 bits per heavy atom. The van der Waals surface area contributed by atoms with Crippen LogP contribution in [0.4, 0.5) is 5.69 Å². The molecule has 0 aliphatic carbocycles. The van der Waals surface area contributed by atoms with Crippen LogP contribution in [0, 0.1) is 5.92 Å². The van der Waals surface area contributed by atoms with E-state index in [0.29, 0.717) is 6.54 Å². The smallest absolute Gasteiger partial charge is 0.230 e. The maximum Gasteiger partial charge on any atom is 0.230 e. The van der Waals surface area contributed by atoms with Crippen molar-refractivity contribution in [1.29, 1.82) is 0 Å². The van der Waals surface area contributed by atoms with E-state index in [1.165, 1.54) is 0 Å². The zero-order valence-electron chi connectivity index (χ0n) is 11.7. The van der Waals surface area contributed by atoms with Crippen LogP contribution >= 0.6 is 0 Å². The maximum absolute atomic E-state index is 12.8. The molecule has 20 heavy (non-hydrogen) atoms. The number of amides is 1. The van der Waals surface area contributed by atoms with Gasteiger partial charge in [0, 0.05) is 31.9 Å². The summed E-state index contributed by atoms with van der Waals surface area (Å²) in [4.78, 5) is 14.7. The van der Waals surface area contributed by atoms with Gasteiger partial charge in [0.25, 0.3) is 0 Å². The predicted octanol–water partition coefficient (Wildman–Crippen LogP) is 1.82. The highest BCUT2D eigenvalue weighted by molar-refractivity contribution is 5.86. The standard InChI is InChI=1S/C16H22N2O2/c19-11-12-4-3-9-18(10-12)16(20)14-7-8-17-15-6-2-1-5-13(14)15/h1-2,5-6,12,14,17,19H,3-4,7-11H2.